The third kappa shape index (κ3) is 5.72. The van der Waals surface area contributed by atoms with E-state index in [-0.39, 0.29) is 23.7 Å². The van der Waals surface area contributed by atoms with Gasteiger partial charge in [0.25, 0.3) is 5.91 Å². The van der Waals surface area contributed by atoms with Gasteiger partial charge >= 0.3 is 6.03 Å². The lowest BCUT2D eigenvalue weighted by Gasteiger charge is -2.16. The molecule has 0 aliphatic heterocycles. The highest BCUT2D eigenvalue weighted by molar-refractivity contribution is 5.92. The molecule has 0 fully saturated rings. The summed E-state index contributed by atoms with van der Waals surface area (Å²) >= 11 is 0. The first-order valence-electron chi connectivity index (χ1n) is 9.66. The minimum atomic E-state index is -0.337. The second-order valence-electron chi connectivity index (χ2n) is 6.65. The Bertz CT molecular complexity index is 1050. The first-order valence-corrected chi connectivity index (χ1v) is 9.66. The van der Waals surface area contributed by atoms with Crippen LogP contribution >= 0.6 is 0 Å². The molecule has 1 unspecified atom stereocenters. The molecule has 31 heavy (non-hydrogen) atoms. The number of ether oxygens (including phenoxy) is 2. The molecule has 3 rings (SSSR count). The number of urea groups is 1. The monoisotopic (exact) mass is 420 g/mol. The summed E-state index contributed by atoms with van der Waals surface area (Å²) in [7, 11) is 3.10. The van der Waals surface area contributed by atoms with E-state index in [2.05, 4.69) is 20.9 Å². The zero-order valence-electron chi connectivity index (χ0n) is 17.5. The molecule has 0 aliphatic carbocycles. The maximum Gasteiger partial charge on any atom is 0.319 e. The number of pyridine rings is 1. The molecule has 0 spiro atoms. The van der Waals surface area contributed by atoms with Crippen molar-refractivity contribution in [2.75, 3.05) is 19.5 Å². The number of nitrogens with one attached hydrogen (secondary N) is 3. The van der Waals surface area contributed by atoms with Crippen LogP contribution in [-0.4, -0.2) is 31.1 Å². The molecule has 0 saturated carbocycles. The number of aromatic nitrogens is 1. The summed E-state index contributed by atoms with van der Waals surface area (Å²) in [6.45, 7) is 1.89. The standard InChI is InChI=1S/C23H24N4O4/c1-15(26-23(29)27-19-6-4-5-7-21(19)30-3)16-8-10-17(11-9-16)31-18-12-13-25-20(14-18)22(28)24-2/h4-15H,1-3H3,(H,24,28)(H2,26,27,29). The Hall–Kier alpha value is -4.07. The van der Waals surface area contributed by atoms with E-state index in [0.29, 0.717) is 22.9 Å². The third-order valence-electron chi connectivity index (χ3n) is 4.51. The number of amides is 3. The molecule has 8 nitrogen and oxygen atoms in total. The maximum atomic E-state index is 12.3. The Morgan fingerprint density at radius 2 is 1.74 bits per heavy atom. The highest BCUT2D eigenvalue weighted by atomic mass is 16.5. The predicted octanol–water partition coefficient (Wildman–Crippen LogP) is 4.12. The molecule has 3 N–H and O–H groups in total. The molecule has 8 heteroatoms. The van der Waals surface area contributed by atoms with Gasteiger partial charge in [0.15, 0.2) is 0 Å². The summed E-state index contributed by atoms with van der Waals surface area (Å²) in [5, 5.41) is 8.21. The first kappa shape index (κ1) is 21.6. The van der Waals surface area contributed by atoms with E-state index in [9.17, 15) is 9.59 Å². The lowest BCUT2D eigenvalue weighted by molar-refractivity contribution is 0.0958. The van der Waals surface area contributed by atoms with Gasteiger partial charge in [-0.15, -0.1) is 0 Å². The van der Waals surface area contributed by atoms with Crippen molar-refractivity contribution in [1.82, 2.24) is 15.6 Å². The summed E-state index contributed by atoms with van der Waals surface area (Å²) in [4.78, 5) is 28.1. The van der Waals surface area contributed by atoms with E-state index in [4.69, 9.17) is 9.47 Å². The van der Waals surface area contributed by atoms with Crippen LogP contribution in [0.25, 0.3) is 0 Å². The van der Waals surface area contributed by atoms with Crippen molar-refractivity contribution in [1.29, 1.82) is 0 Å². The Kier molecular flexibility index (Phi) is 7.05. The minimum Gasteiger partial charge on any atom is -0.495 e. The van der Waals surface area contributed by atoms with Crippen molar-refractivity contribution in [2.45, 2.75) is 13.0 Å². The summed E-state index contributed by atoms with van der Waals surface area (Å²) in [6, 6.07) is 17.2. The van der Waals surface area contributed by atoms with Gasteiger partial charge < -0.3 is 25.4 Å². The number of hydrogen-bond donors (Lipinski definition) is 3. The van der Waals surface area contributed by atoms with Gasteiger partial charge in [0.1, 0.15) is 22.9 Å². The van der Waals surface area contributed by atoms with Crippen molar-refractivity contribution in [3.05, 3.63) is 78.1 Å². The summed E-state index contributed by atoms with van der Waals surface area (Å²) in [5.74, 6) is 1.40. The molecule has 0 saturated heterocycles. The zero-order chi connectivity index (χ0) is 22.2. The Morgan fingerprint density at radius 3 is 2.45 bits per heavy atom. The lowest BCUT2D eigenvalue weighted by atomic mass is 10.1. The molecule has 3 aromatic rings. The zero-order valence-corrected chi connectivity index (χ0v) is 17.5. The van der Waals surface area contributed by atoms with Crippen LogP contribution in [0.4, 0.5) is 10.5 Å². The van der Waals surface area contributed by atoms with Crippen LogP contribution in [0, 0.1) is 0 Å². The van der Waals surface area contributed by atoms with Crippen molar-refractivity contribution in [3.8, 4) is 17.2 Å². The normalized spacial score (nSPS) is 11.2. The van der Waals surface area contributed by atoms with Gasteiger partial charge in [0.2, 0.25) is 0 Å². The van der Waals surface area contributed by atoms with E-state index >= 15 is 0 Å². The Labute approximate surface area is 180 Å². The number of rotatable bonds is 7. The van der Waals surface area contributed by atoms with E-state index in [1.807, 2.05) is 31.2 Å². The fraction of sp³-hybridized carbons (Fsp3) is 0.174. The van der Waals surface area contributed by atoms with Gasteiger partial charge in [0.05, 0.1) is 18.8 Å². The highest BCUT2D eigenvalue weighted by Gasteiger charge is 2.12. The van der Waals surface area contributed by atoms with Gasteiger partial charge in [-0.25, -0.2) is 4.79 Å². The number of hydrogen-bond acceptors (Lipinski definition) is 5. The molecular weight excluding hydrogens is 396 g/mol. The summed E-state index contributed by atoms with van der Waals surface area (Å²) in [6.07, 6.45) is 1.51. The summed E-state index contributed by atoms with van der Waals surface area (Å²) in [5.41, 5.74) is 1.77. The number of carbonyl (C=O) groups is 2. The van der Waals surface area contributed by atoms with Crippen LogP contribution < -0.4 is 25.4 Å². The second kappa shape index (κ2) is 10.1. The molecule has 3 amide bonds. The topological polar surface area (TPSA) is 102 Å². The van der Waals surface area contributed by atoms with Crippen molar-refractivity contribution in [3.63, 3.8) is 0 Å². The second-order valence-corrected chi connectivity index (χ2v) is 6.65. The van der Waals surface area contributed by atoms with Crippen LogP contribution in [0.15, 0.2) is 66.9 Å². The number of nitrogens with zero attached hydrogens (tertiary/aromatic N) is 1. The first-order chi connectivity index (χ1) is 15.0. The SMILES string of the molecule is CNC(=O)c1cc(Oc2ccc(C(C)NC(=O)Nc3ccccc3OC)cc2)ccn1. The molecule has 1 heterocycles. The van der Waals surface area contributed by atoms with Crippen LogP contribution in [0.5, 0.6) is 17.2 Å². The molecule has 1 atom stereocenters. The average molecular weight is 420 g/mol. The van der Waals surface area contributed by atoms with Gasteiger partial charge in [-0.3, -0.25) is 9.78 Å². The van der Waals surface area contributed by atoms with Crippen molar-refractivity contribution in [2.24, 2.45) is 0 Å². The minimum absolute atomic E-state index is 0.232. The predicted molar refractivity (Wildman–Crippen MR) is 118 cm³/mol. The molecule has 0 radical (unpaired) electrons. The molecule has 160 valence electrons. The maximum absolute atomic E-state index is 12.3. The third-order valence-corrected chi connectivity index (χ3v) is 4.51. The van der Waals surface area contributed by atoms with Crippen LogP contribution in [0.1, 0.15) is 29.0 Å². The summed E-state index contributed by atoms with van der Waals surface area (Å²) < 4.78 is 11.0. The molecular formula is C23H24N4O4. The molecule has 2 aromatic carbocycles. The van der Waals surface area contributed by atoms with Gasteiger partial charge in [-0.1, -0.05) is 24.3 Å². The molecule has 0 aliphatic rings. The number of benzene rings is 2. The largest absolute Gasteiger partial charge is 0.495 e. The van der Waals surface area contributed by atoms with Crippen molar-refractivity contribution < 1.29 is 19.1 Å². The van der Waals surface area contributed by atoms with Gasteiger partial charge in [0, 0.05) is 19.3 Å². The van der Waals surface area contributed by atoms with Gasteiger partial charge in [-0.2, -0.15) is 0 Å². The van der Waals surface area contributed by atoms with E-state index in [0.717, 1.165) is 5.56 Å². The smallest absolute Gasteiger partial charge is 0.319 e. The number of para-hydroxylation sites is 2. The van der Waals surface area contributed by atoms with Gasteiger partial charge in [-0.05, 0) is 42.8 Å². The quantitative estimate of drug-likeness (QED) is 0.534. The highest BCUT2D eigenvalue weighted by Crippen LogP contribution is 2.25. The van der Waals surface area contributed by atoms with Crippen LogP contribution in [-0.2, 0) is 0 Å². The Balaban J connectivity index is 1.60. The van der Waals surface area contributed by atoms with E-state index in [1.165, 1.54) is 6.20 Å². The number of carbonyl (C=O) groups excluding carboxylic acids is 2. The van der Waals surface area contributed by atoms with Crippen LogP contribution in [0.3, 0.4) is 0 Å². The van der Waals surface area contributed by atoms with Crippen molar-refractivity contribution >= 4 is 17.6 Å². The average Bonchev–Trinajstić information content (AvgIpc) is 2.79. The Morgan fingerprint density at radius 1 is 1.00 bits per heavy atom. The number of anilines is 1. The number of methoxy groups -OCH3 is 1. The molecule has 0 bridgehead atoms. The van der Waals surface area contributed by atoms with E-state index in [1.54, 1.807) is 50.6 Å². The molecule has 1 aromatic heterocycles. The van der Waals surface area contributed by atoms with E-state index < -0.39 is 0 Å². The fourth-order valence-electron chi connectivity index (χ4n) is 2.87. The lowest BCUT2D eigenvalue weighted by Crippen LogP contribution is -2.31. The van der Waals surface area contributed by atoms with Crippen LogP contribution in [0.2, 0.25) is 0 Å². The fourth-order valence-corrected chi connectivity index (χ4v) is 2.87.